The number of aryl methyl sites for hydroxylation is 1. The van der Waals surface area contributed by atoms with Crippen LogP contribution in [0, 0.1) is 29.5 Å². The highest BCUT2D eigenvalue weighted by Gasteiger charge is 2.32. The summed E-state index contributed by atoms with van der Waals surface area (Å²) in [5.74, 6) is 3.33. The van der Waals surface area contributed by atoms with Crippen LogP contribution in [0.3, 0.4) is 0 Å². The molecule has 0 unspecified atom stereocenters. The van der Waals surface area contributed by atoms with Crippen molar-refractivity contribution < 1.29 is 14.2 Å². The van der Waals surface area contributed by atoms with Crippen LogP contribution in [0.15, 0.2) is 18.2 Å². The first-order valence-corrected chi connectivity index (χ1v) is 11.3. The molecule has 2 aliphatic carbocycles. The highest BCUT2D eigenvalue weighted by atomic mass is 35.5. The summed E-state index contributed by atoms with van der Waals surface area (Å²) in [5.41, 5.74) is 1.08. The van der Waals surface area contributed by atoms with Gasteiger partial charge in [0.2, 0.25) is 6.29 Å². The van der Waals surface area contributed by atoms with Crippen molar-refractivity contribution in [2.75, 3.05) is 0 Å². The van der Waals surface area contributed by atoms with E-state index < -0.39 is 0 Å². The molecule has 0 atom stereocenters. The maximum atomic E-state index is 13.6. The van der Waals surface area contributed by atoms with E-state index in [4.69, 9.17) is 21.4 Å². The minimum absolute atomic E-state index is 0.113. The third-order valence-corrected chi connectivity index (χ3v) is 7.62. The Morgan fingerprint density at radius 3 is 1.96 bits per heavy atom. The summed E-state index contributed by atoms with van der Waals surface area (Å²) >= 11 is 5.78. The van der Waals surface area contributed by atoms with E-state index in [-0.39, 0.29) is 17.1 Å². The molecule has 0 amide bonds. The Balaban J connectivity index is 1.14. The van der Waals surface area contributed by atoms with Crippen LogP contribution >= 0.6 is 11.6 Å². The largest absolute Gasteiger partial charge is 0.224 e. The normalized spacial score (nSPS) is 31.8. The lowest BCUT2D eigenvalue weighted by atomic mass is 9.68. The second-order valence-electron chi connectivity index (χ2n) is 9.05. The zero-order chi connectivity index (χ0) is 18.6. The molecule has 0 aromatic heterocycles. The summed E-state index contributed by atoms with van der Waals surface area (Å²) in [6, 6.07) is 5.26. The molecule has 4 rings (SSSR count). The highest BCUT2D eigenvalue weighted by Crippen LogP contribution is 2.43. The van der Waals surface area contributed by atoms with Gasteiger partial charge in [0.25, 0.3) is 0 Å². The van der Waals surface area contributed by atoms with Gasteiger partial charge in [0.05, 0.1) is 5.02 Å². The number of hydrogen-bond acceptors (Lipinski definition) is 2. The molecule has 150 valence electrons. The number of halogens is 2. The summed E-state index contributed by atoms with van der Waals surface area (Å²) in [5, 5.41) is 0.225. The Morgan fingerprint density at radius 1 is 0.815 bits per heavy atom. The van der Waals surface area contributed by atoms with Crippen molar-refractivity contribution in [3.63, 3.8) is 0 Å². The first kappa shape index (κ1) is 19.7. The standard InChI is InChI=1S/C23H32ClFO2/c24-21-13-7-18(15-22(21)25)2-1-16-3-9-19(10-4-16)20-11-5-17(6-12-20)8-14-23-26-27-23/h7,13,15-17,19-20,23H,1-6,8-12,14H2. The zero-order valence-electron chi connectivity index (χ0n) is 16.2. The number of rotatable bonds is 7. The summed E-state index contributed by atoms with van der Waals surface area (Å²) in [6.07, 6.45) is 15.8. The quantitative estimate of drug-likeness (QED) is 0.364. The monoisotopic (exact) mass is 394 g/mol. The fourth-order valence-corrected chi connectivity index (χ4v) is 5.59. The molecule has 0 bridgehead atoms. The van der Waals surface area contributed by atoms with Crippen LogP contribution in [0.5, 0.6) is 0 Å². The Bertz CT molecular complexity index is 602. The minimum atomic E-state index is -0.286. The minimum Gasteiger partial charge on any atom is -0.205 e. The van der Waals surface area contributed by atoms with Gasteiger partial charge in [0, 0.05) is 6.42 Å². The molecule has 2 saturated carbocycles. The zero-order valence-corrected chi connectivity index (χ0v) is 16.9. The van der Waals surface area contributed by atoms with Gasteiger partial charge in [0.15, 0.2) is 0 Å². The Kier molecular flexibility index (Phi) is 6.73. The topological polar surface area (TPSA) is 25.1 Å². The van der Waals surface area contributed by atoms with E-state index in [2.05, 4.69) is 0 Å². The molecule has 3 aliphatic rings. The van der Waals surface area contributed by atoms with E-state index in [0.717, 1.165) is 42.1 Å². The second-order valence-corrected chi connectivity index (χ2v) is 9.46. The first-order chi connectivity index (χ1) is 13.2. The van der Waals surface area contributed by atoms with E-state index >= 15 is 0 Å². The van der Waals surface area contributed by atoms with Gasteiger partial charge in [-0.15, -0.1) is 0 Å². The van der Waals surface area contributed by atoms with E-state index in [1.54, 1.807) is 12.1 Å². The molecule has 3 fully saturated rings. The summed E-state index contributed by atoms with van der Waals surface area (Å²) in [4.78, 5) is 9.72. The maximum Gasteiger partial charge on any atom is 0.224 e. The van der Waals surface area contributed by atoms with Gasteiger partial charge in [-0.05, 0) is 86.3 Å². The fraction of sp³-hybridized carbons (Fsp3) is 0.739. The van der Waals surface area contributed by atoms with Crippen molar-refractivity contribution in [1.82, 2.24) is 0 Å². The van der Waals surface area contributed by atoms with Crippen LogP contribution < -0.4 is 0 Å². The van der Waals surface area contributed by atoms with Crippen molar-refractivity contribution in [3.05, 3.63) is 34.6 Å². The van der Waals surface area contributed by atoms with Crippen LogP contribution in [0.4, 0.5) is 4.39 Å². The van der Waals surface area contributed by atoms with Crippen LogP contribution in [0.1, 0.15) is 76.2 Å². The van der Waals surface area contributed by atoms with Crippen molar-refractivity contribution in [2.24, 2.45) is 23.7 Å². The van der Waals surface area contributed by atoms with Gasteiger partial charge in [-0.3, -0.25) is 0 Å². The molecule has 1 aliphatic heterocycles. The molecule has 27 heavy (non-hydrogen) atoms. The summed E-state index contributed by atoms with van der Waals surface area (Å²) < 4.78 is 13.6. The van der Waals surface area contributed by atoms with Crippen LogP contribution in [-0.4, -0.2) is 6.29 Å². The van der Waals surface area contributed by atoms with Crippen LogP contribution in [0.25, 0.3) is 0 Å². The fourth-order valence-electron chi connectivity index (χ4n) is 5.47. The molecular weight excluding hydrogens is 363 g/mol. The molecule has 0 spiro atoms. The molecule has 2 nitrogen and oxygen atoms in total. The van der Waals surface area contributed by atoms with E-state index in [0.29, 0.717) is 0 Å². The SMILES string of the molecule is Fc1cc(CCC2CCC(C3CCC(CCC4OO4)CC3)CC2)ccc1Cl. The predicted molar refractivity (Wildman–Crippen MR) is 106 cm³/mol. The van der Waals surface area contributed by atoms with E-state index in [1.807, 2.05) is 6.07 Å². The Morgan fingerprint density at radius 2 is 1.41 bits per heavy atom. The Labute approximate surface area is 167 Å². The van der Waals surface area contributed by atoms with Gasteiger partial charge in [-0.1, -0.05) is 43.4 Å². The molecule has 0 N–H and O–H groups in total. The average molecular weight is 395 g/mol. The molecule has 1 saturated heterocycles. The lowest BCUT2D eigenvalue weighted by molar-refractivity contribution is 0.0850. The lowest BCUT2D eigenvalue weighted by Crippen LogP contribution is -2.26. The van der Waals surface area contributed by atoms with Crippen LogP contribution in [0.2, 0.25) is 5.02 Å². The molecule has 0 radical (unpaired) electrons. The Hall–Kier alpha value is -0.640. The van der Waals surface area contributed by atoms with E-state index in [9.17, 15) is 4.39 Å². The molecule has 4 heteroatoms. The molecule has 1 aromatic rings. The predicted octanol–water partition coefficient (Wildman–Crippen LogP) is 7.09. The van der Waals surface area contributed by atoms with Crippen molar-refractivity contribution >= 4 is 11.6 Å². The third kappa shape index (κ3) is 5.68. The van der Waals surface area contributed by atoms with Gasteiger partial charge in [0.1, 0.15) is 5.82 Å². The first-order valence-electron chi connectivity index (χ1n) is 10.9. The van der Waals surface area contributed by atoms with Gasteiger partial charge < -0.3 is 0 Å². The molecule has 1 aromatic carbocycles. The maximum absolute atomic E-state index is 13.6. The smallest absolute Gasteiger partial charge is 0.205 e. The average Bonchev–Trinajstić information content (AvgIpc) is 3.53. The molecular formula is C23H32ClFO2. The second kappa shape index (κ2) is 9.24. The van der Waals surface area contributed by atoms with Gasteiger partial charge >= 0.3 is 0 Å². The van der Waals surface area contributed by atoms with Gasteiger partial charge in [-0.2, -0.15) is 9.78 Å². The number of benzene rings is 1. The van der Waals surface area contributed by atoms with Gasteiger partial charge in [-0.25, -0.2) is 4.39 Å². The van der Waals surface area contributed by atoms with Crippen LogP contribution in [-0.2, 0) is 16.2 Å². The van der Waals surface area contributed by atoms with E-state index in [1.165, 1.54) is 64.2 Å². The number of hydrogen-bond donors (Lipinski definition) is 0. The summed E-state index contributed by atoms with van der Waals surface area (Å²) in [7, 11) is 0. The van der Waals surface area contributed by atoms with Crippen molar-refractivity contribution in [2.45, 2.75) is 83.3 Å². The lowest BCUT2D eigenvalue weighted by Gasteiger charge is -2.38. The van der Waals surface area contributed by atoms with Crippen molar-refractivity contribution in [1.29, 1.82) is 0 Å². The summed E-state index contributed by atoms with van der Waals surface area (Å²) in [6.45, 7) is 0. The highest BCUT2D eigenvalue weighted by molar-refractivity contribution is 6.30. The molecule has 1 heterocycles. The van der Waals surface area contributed by atoms with Crippen molar-refractivity contribution in [3.8, 4) is 0 Å². The third-order valence-electron chi connectivity index (χ3n) is 7.32.